The van der Waals surface area contributed by atoms with Crippen molar-refractivity contribution in [2.24, 2.45) is 0 Å². The van der Waals surface area contributed by atoms with Crippen LogP contribution in [0.4, 0.5) is 5.82 Å². The first-order chi connectivity index (χ1) is 22.5. The minimum atomic E-state index is -1.23. The molecule has 0 aliphatic heterocycles. The summed E-state index contributed by atoms with van der Waals surface area (Å²) in [6.07, 6.45) is 7.36. The van der Waals surface area contributed by atoms with E-state index in [1.54, 1.807) is 42.3 Å². The number of pyridine rings is 1. The molecule has 0 unspecified atom stereocenters. The van der Waals surface area contributed by atoms with E-state index >= 15 is 0 Å². The predicted octanol–water partition coefficient (Wildman–Crippen LogP) is 7.64. The lowest BCUT2D eigenvalue weighted by Crippen LogP contribution is -2.29. The van der Waals surface area contributed by atoms with E-state index in [-0.39, 0.29) is 12.5 Å². The Kier molecular flexibility index (Phi) is 10.5. The Balaban J connectivity index is 1.55. The molecule has 0 fully saturated rings. The van der Waals surface area contributed by atoms with Crippen LogP contribution in [0.2, 0.25) is 30.7 Å². The highest BCUT2D eigenvalue weighted by Crippen LogP contribution is 2.36. The number of hydrogen-bond acceptors (Lipinski definition) is 7. The Hall–Kier alpha value is -4.45. The summed E-state index contributed by atoms with van der Waals surface area (Å²) in [5, 5.41) is 5.63. The van der Waals surface area contributed by atoms with Crippen molar-refractivity contribution >= 4 is 31.4 Å². The van der Waals surface area contributed by atoms with Gasteiger partial charge in [-0.25, -0.2) is 14.6 Å². The van der Waals surface area contributed by atoms with Gasteiger partial charge in [0, 0.05) is 69.7 Å². The van der Waals surface area contributed by atoms with Gasteiger partial charge in [-0.05, 0) is 36.7 Å². The molecule has 246 valence electrons. The average Bonchev–Trinajstić information content (AvgIpc) is 3.69. The number of anilines is 1. The molecule has 5 rings (SSSR count). The summed E-state index contributed by atoms with van der Waals surface area (Å²) < 4.78 is 20.8. The Morgan fingerprint density at radius 3 is 2.51 bits per heavy atom. The third-order valence-electron chi connectivity index (χ3n) is 7.81. The lowest BCUT2D eigenvalue weighted by molar-refractivity contribution is -0.116. The number of aromatic nitrogens is 5. The van der Waals surface area contributed by atoms with Crippen LogP contribution < -0.4 is 14.4 Å². The summed E-state index contributed by atoms with van der Waals surface area (Å²) in [4.78, 5) is 24.0. The lowest BCUT2D eigenvalue weighted by atomic mass is 10.1. The molecule has 0 radical (unpaired) electrons. The van der Waals surface area contributed by atoms with Crippen LogP contribution in [0, 0.1) is 6.92 Å². The van der Waals surface area contributed by atoms with Crippen LogP contribution in [0.1, 0.15) is 18.1 Å². The zero-order valence-corrected chi connectivity index (χ0v) is 29.7. The van der Waals surface area contributed by atoms with Crippen molar-refractivity contribution in [2.45, 2.75) is 52.8 Å². The Morgan fingerprint density at radius 2 is 1.81 bits per heavy atom. The maximum atomic E-state index is 13.0. The second-order valence-corrected chi connectivity index (χ2v) is 18.5. The molecule has 2 aromatic carbocycles. The lowest BCUT2D eigenvalue weighted by Gasteiger charge is -2.22. The Bertz CT molecular complexity index is 1870. The third kappa shape index (κ3) is 7.93. The number of halogens is 1. The zero-order chi connectivity index (χ0) is 33.7. The van der Waals surface area contributed by atoms with Gasteiger partial charge in [-0.1, -0.05) is 49.4 Å². The fourth-order valence-corrected chi connectivity index (χ4v) is 6.10. The van der Waals surface area contributed by atoms with Gasteiger partial charge in [0.2, 0.25) is 5.91 Å². The zero-order valence-electron chi connectivity index (χ0n) is 28.0. The minimum absolute atomic E-state index is 0.167. The SMILES string of the molecule is COc1ccc(CN(C(C)=O)c2cc(-n3cc(-c4nccn4COCC[Si](C)(C)C)c(-c4ccccc4Cl)n3)c(C)cn2)c(OC)c1. The minimum Gasteiger partial charge on any atom is -0.497 e. The van der Waals surface area contributed by atoms with Gasteiger partial charge in [0.1, 0.15) is 35.6 Å². The van der Waals surface area contributed by atoms with Crippen molar-refractivity contribution in [3.8, 4) is 39.8 Å². The highest BCUT2D eigenvalue weighted by Gasteiger charge is 2.23. The van der Waals surface area contributed by atoms with E-state index in [9.17, 15) is 4.79 Å². The quantitative estimate of drug-likeness (QED) is 0.0937. The first kappa shape index (κ1) is 33.9. The maximum absolute atomic E-state index is 13.0. The summed E-state index contributed by atoms with van der Waals surface area (Å²) in [5.74, 6) is 2.30. The number of amides is 1. The smallest absolute Gasteiger partial charge is 0.225 e. The highest BCUT2D eigenvalue weighted by atomic mass is 35.5. The van der Waals surface area contributed by atoms with E-state index < -0.39 is 8.07 Å². The summed E-state index contributed by atoms with van der Waals surface area (Å²) in [7, 11) is 1.97. The third-order valence-corrected chi connectivity index (χ3v) is 9.85. The van der Waals surface area contributed by atoms with Crippen molar-refractivity contribution < 1.29 is 19.0 Å². The van der Waals surface area contributed by atoms with Crippen LogP contribution in [0.15, 0.2) is 73.3 Å². The van der Waals surface area contributed by atoms with Crippen molar-refractivity contribution in [3.05, 3.63) is 89.5 Å². The van der Waals surface area contributed by atoms with Crippen LogP contribution >= 0.6 is 11.6 Å². The monoisotopic (exact) mass is 672 g/mol. The molecule has 0 atom stereocenters. The predicted molar refractivity (Wildman–Crippen MR) is 188 cm³/mol. The molecular formula is C35H41ClN6O4Si. The van der Waals surface area contributed by atoms with Gasteiger partial charge in [-0.3, -0.25) is 9.69 Å². The number of carbonyl (C=O) groups is 1. The second kappa shape index (κ2) is 14.5. The van der Waals surface area contributed by atoms with E-state index in [2.05, 4.69) is 24.6 Å². The van der Waals surface area contributed by atoms with Crippen molar-refractivity contribution in [3.63, 3.8) is 0 Å². The molecule has 47 heavy (non-hydrogen) atoms. The van der Waals surface area contributed by atoms with Gasteiger partial charge in [0.15, 0.2) is 0 Å². The molecule has 1 amide bonds. The number of hydrogen-bond donors (Lipinski definition) is 0. The molecular weight excluding hydrogens is 632 g/mol. The van der Waals surface area contributed by atoms with Crippen LogP contribution in [-0.4, -0.2) is 59.1 Å². The molecule has 12 heteroatoms. The number of rotatable bonds is 13. The summed E-state index contributed by atoms with van der Waals surface area (Å²) >= 11 is 6.72. The second-order valence-electron chi connectivity index (χ2n) is 12.5. The van der Waals surface area contributed by atoms with Gasteiger partial charge < -0.3 is 18.8 Å². The number of nitrogens with zero attached hydrogens (tertiary/aromatic N) is 6. The van der Waals surface area contributed by atoms with Crippen LogP contribution in [0.25, 0.3) is 28.3 Å². The number of aryl methyl sites for hydroxylation is 1. The van der Waals surface area contributed by atoms with Crippen molar-refractivity contribution in [1.29, 1.82) is 0 Å². The first-order valence-corrected chi connectivity index (χ1v) is 19.5. The summed E-state index contributed by atoms with van der Waals surface area (Å²) in [6, 6.07) is 16.1. The molecule has 3 heterocycles. The summed E-state index contributed by atoms with van der Waals surface area (Å²) in [6.45, 7) is 11.8. The molecule has 0 saturated carbocycles. The first-order valence-electron chi connectivity index (χ1n) is 15.4. The Labute approximate surface area is 281 Å². The van der Waals surface area contributed by atoms with E-state index in [4.69, 9.17) is 35.9 Å². The molecule has 0 aliphatic carbocycles. The number of ether oxygens (including phenoxy) is 3. The van der Waals surface area contributed by atoms with E-state index in [1.165, 1.54) is 6.92 Å². The highest BCUT2D eigenvalue weighted by molar-refractivity contribution is 6.76. The largest absolute Gasteiger partial charge is 0.497 e. The molecule has 5 aromatic rings. The standard InChI is InChI=1S/C35H41ClN6O4Si/c1-24-20-38-33(41(25(2)43)21-26-12-13-27(44-3)18-32(26)45-4)19-31(24)42-22-29(34(39-42)28-10-8-9-11-30(28)36)35-37-14-15-40(35)23-46-16-17-47(5,6)7/h8-15,18-20,22H,16-17,21,23H2,1-7H3. The normalized spacial score (nSPS) is 11.5. The molecule has 0 spiro atoms. The van der Waals surface area contributed by atoms with Crippen LogP contribution in [-0.2, 0) is 22.8 Å². The fraction of sp³-hybridized carbons (Fsp3) is 0.314. The number of methoxy groups -OCH3 is 2. The van der Waals surface area contributed by atoms with E-state index in [0.717, 1.165) is 34.0 Å². The van der Waals surface area contributed by atoms with Gasteiger partial charge in [-0.2, -0.15) is 5.10 Å². The molecule has 0 aliphatic rings. The van der Waals surface area contributed by atoms with E-state index in [0.29, 0.717) is 47.2 Å². The van der Waals surface area contributed by atoms with Crippen molar-refractivity contribution in [1.82, 2.24) is 24.3 Å². The molecule has 0 saturated heterocycles. The van der Waals surface area contributed by atoms with Gasteiger partial charge in [0.05, 0.1) is 37.0 Å². The maximum Gasteiger partial charge on any atom is 0.225 e. The topological polar surface area (TPSA) is 96.5 Å². The Morgan fingerprint density at radius 1 is 1.02 bits per heavy atom. The van der Waals surface area contributed by atoms with Crippen molar-refractivity contribution in [2.75, 3.05) is 25.7 Å². The molecule has 0 N–H and O–H groups in total. The van der Waals surface area contributed by atoms with Crippen LogP contribution in [0.5, 0.6) is 11.5 Å². The molecule has 0 bridgehead atoms. The average molecular weight is 673 g/mol. The van der Waals surface area contributed by atoms with Gasteiger partial charge >= 0.3 is 0 Å². The van der Waals surface area contributed by atoms with E-state index in [1.807, 2.05) is 66.3 Å². The number of carbonyl (C=O) groups excluding carboxylic acids is 1. The van der Waals surface area contributed by atoms with Gasteiger partial charge in [-0.15, -0.1) is 0 Å². The molecule has 3 aromatic heterocycles. The number of imidazole rings is 1. The fourth-order valence-electron chi connectivity index (χ4n) is 5.12. The van der Waals surface area contributed by atoms with Crippen LogP contribution in [0.3, 0.4) is 0 Å². The number of benzene rings is 2. The summed E-state index contributed by atoms with van der Waals surface area (Å²) in [5.41, 5.74) is 4.69. The molecule has 10 nitrogen and oxygen atoms in total. The van der Waals surface area contributed by atoms with Gasteiger partial charge in [0.25, 0.3) is 0 Å².